The summed E-state index contributed by atoms with van der Waals surface area (Å²) >= 11 is 1.47. The molecule has 2 unspecified atom stereocenters. The van der Waals surface area contributed by atoms with E-state index in [-0.39, 0.29) is 23.8 Å². The first-order valence-electron chi connectivity index (χ1n) is 11.7. The van der Waals surface area contributed by atoms with Gasteiger partial charge in [0, 0.05) is 50.4 Å². The van der Waals surface area contributed by atoms with Gasteiger partial charge in [-0.3, -0.25) is 9.59 Å². The molecule has 1 saturated heterocycles. The number of thiophene rings is 1. The summed E-state index contributed by atoms with van der Waals surface area (Å²) in [5.74, 6) is 0.120. The lowest BCUT2D eigenvalue weighted by Crippen LogP contribution is -2.56. The fourth-order valence-electron chi connectivity index (χ4n) is 5.57. The second-order valence-corrected chi connectivity index (χ2v) is 9.95. The van der Waals surface area contributed by atoms with Gasteiger partial charge in [-0.25, -0.2) is 0 Å². The Kier molecular flexibility index (Phi) is 6.19. The number of amides is 2. The molecule has 1 saturated carbocycles. The number of fused-ring (bicyclic) bond motifs is 1. The zero-order valence-corrected chi connectivity index (χ0v) is 19.5. The van der Waals surface area contributed by atoms with Crippen molar-refractivity contribution < 1.29 is 9.59 Å². The van der Waals surface area contributed by atoms with E-state index in [1.165, 1.54) is 11.3 Å². The van der Waals surface area contributed by atoms with E-state index in [9.17, 15) is 14.9 Å². The van der Waals surface area contributed by atoms with Gasteiger partial charge >= 0.3 is 0 Å². The van der Waals surface area contributed by atoms with Gasteiger partial charge in [-0.2, -0.15) is 5.26 Å². The van der Waals surface area contributed by atoms with Crippen LogP contribution in [0.3, 0.4) is 0 Å². The maximum absolute atomic E-state index is 13.6. The summed E-state index contributed by atoms with van der Waals surface area (Å²) in [5, 5.41) is 12.0. The molecule has 3 aliphatic rings. The average Bonchev–Trinajstić information content (AvgIpc) is 3.41. The summed E-state index contributed by atoms with van der Waals surface area (Å²) in [6.45, 7) is 3.08. The van der Waals surface area contributed by atoms with Crippen LogP contribution in [0, 0.1) is 17.2 Å². The number of carbonyl (C=O) groups excluding carboxylic acids is 2. The van der Waals surface area contributed by atoms with E-state index in [1.54, 1.807) is 0 Å². The quantitative estimate of drug-likeness (QED) is 0.694. The molecule has 6 nitrogen and oxygen atoms in total. The van der Waals surface area contributed by atoms with Crippen molar-refractivity contribution in [2.24, 2.45) is 5.92 Å². The zero-order valence-electron chi connectivity index (χ0n) is 18.7. The molecule has 2 atom stereocenters. The summed E-state index contributed by atoms with van der Waals surface area (Å²) in [6, 6.07) is 16.2. The number of rotatable bonds is 4. The van der Waals surface area contributed by atoms with Crippen molar-refractivity contribution in [2.45, 2.75) is 38.3 Å². The number of hydrogen-bond acceptors (Lipinski definition) is 5. The topological polar surface area (TPSA) is 67.7 Å². The monoisotopic (exact) mass is 460 g/mol. The lowest BCUT2D eigenvalue weighted by molar-refractivity contribution is -0.133. The van der Waals surface area contributed by atoms with Crippen LogP contribution < -0.4 is 0 Å². The van der Waals surface area contributed by atoms with Crippen molar-refractivity contribution >= 4 is 23.2 Å². The minimum Gasteiger partial charge on any atom is -0.370 e. The predicted molar refractivity (Wildman–Crippen MR) is 127 cm³/mol. The third-order valence-corrected chi connectivity index (χ3v) is 8.02. The van der Waals surface area contributed by atoms with Gasteiger partial charge in [0.05, 0.1) is 4.88 Å². The molecule has 0 bridgehead atoms. The highest BCUT2D eigenvalue weighted by molar-refractivity contribution is 7.12. The molecule has 1 aromatic carbocycles. The molecule has 1 aliphatic carbocycles. The molecule has 2 fully saturated rings. The largest absolute Gasteiger partial charge is 0.370 e. The molecule has 3 heterocycles. The lowest BCUT2D eigenvalue weighted by Gasteiger charge is -2.49. The second-order valence-electron chi connectivity index (χ2n) is 9.01. The Morgan fingerprint density at radius 2 is 1.79 bits per heavy atom. The Bertz CT molecular complexity index is 1080. The summed E-state index contributed by atoms with van der Waals surface area (Å²) in [4.78, 5) is 33.1. The summed E-state index contributed by atoms with van der Waals surface area (Å²) in [6.07, 6.45) is 4.20. The molecular formula is C26H28N4O2S. The van der Waals surface area contributed by atoms with Crippen LogP contribution in [-0.4, -0.2) is 58.7 Å². The number of benzene rings is 1. The zero-order chi connectivity index (χ0) is 22.8. The second kappa shape index (κ2) is 9.40. The Balaban J connectivity index is 1.39. The van der Waals surface area contributed by atoms with E-state index < -0.39 is 0 Å². The van der Waals surface area contributed by atoms with E-state index in [0.29, 0.717) is 38.3 Å². The summed E-state index contributed by atoms with van der Waals surface area (Å²) in [5.41, 5.74) is 2.32. The molecular weight excluding hydrogens is 432 g/mol. The van der Waals surface area contributed by atoms with Crippen LogP contribution >= 0.6 is 11.3 Å². The minimum absolute atomic E-state index is 0.0726. The molecule has 33 heavy (non-hydrogen) atoms. The maximum atomic E-state index is 13.6. The van der Waals surface area contributed by atoms with Crippen molar-refractivity contribution in [3.63, 3.8) is 0 Å². The van der Waals surface area contributed by atoms with E-state index in [1.807, 2.05) is 57.6 Å². The number of carbonyl (C=O) groups is 2. The van der Waals surface area contributed by atoms with Gasteiger partial charge in [0.2, 0.25) is 0 Å². The number of piperazine rings is 1. The summed E-state index contributed by atoms with van der Waals surface area (Å²) < 4.78 is 0. The highest BCUT2D eigenvalue weighted by atomic mass is 32.1. The van der Waals surface area contributed by atoms with Gasteiger partial charge in [-0.1, -0.05) is 49.2 Å². The van der Waals surface area contributed by atoms with E-state index in [4.69, 9.17) is 0 Å². The standard InChI is InChI=1S/C26H28N4O2S/c27-17-21-24(28-12-14-29(15-13-28)26(32)23-11-6-16-33-23)20-9-4-5-10-22(20)30(25(21)31)18-19-7-2-1-3-8-19/h1-3,6-8,11,16,20,22H,4-5,9-10,12-15,18H2. The van der Waals surface area contributed by atoms with Crippen LogP contribution in [-0.2, 0) is 11.3 Å². The van der Waals surface area contributed by atoms with Crippen molar-refractivity contribution in [1.82, 2.24) is 14.7 Å². The first-order valence-corrected chi connectivity index (χ1v) is 12.6. The van der Waals surface area contributed by atoms with Gasteiger partial charge in [-0.05, 0) is 29.9 Å². The molecule has 7 heteroatoms. The van der Waals surface area contributed by atoms with Crippen molar-refractivity contribution in [3.05, 3.63) is 69.6 Å². The van der Waals surface area contributed by atoms with Crippen molar-refractivity contribution in [3.8, 4) is 6.07 Å². The highest BCUT2D eigenvalue weighted by Crippen LogP contribution is 2.41. The number of nitrogens with zero attached hydrogens (tertiary/aromatic N) is 4. The molecule has 2 aliphatic heterocycles. The van der Waals surface area contributed by atoms with Crippen LogP contribution in [0.2, 0.25) is 0 Å². The lowest BCUT2D eigenvalue weighted by atomic mass is 9.76. The smallest absolute Gasteiger partial charge is 0.266 e. The molecule has 0 spiro atoms. The minimum atomic E-state index is -0.142. The summed E-state index contributed by atoms with van der Waals surface area (Å²) in [7, 11) is 0. The van der Waals surface area contributed by atoms with E-state index in [2.05, 4.69) is 11.0 Å². The number of hydrogen-bond donors (Lipinski definition) is 0. The molecule has 170 valence electrons. The van der Waals surface area contributed by atoms with Crippen LogP contribution in [0.4, 0.5) is 0 Å². The normalized spacial score (nSPS) is 23.4. The van der Waals surface area contributed by atoms with Crippen molar-refractivity contribution in [2.75, 3.05) is 26.2 Å². The molecule has 0 radical (unpaired) electrons. The van der Waals surface area contributed by atoms with Crippen LogP contribution in [0.5, 0.6) is 0 Å². The van der Waals surface area contributed by atoms with Gasteiger partial charge in [0.15, 0.2) is 0 Å². The highest BCUT2D eigenvalue weighted by Gasteiger charge is 2.45. The Morgan fingerprint density at radius 1 is 1.03 bits per heavy atom. The molecule has 2 aromatic rings. The van der Waals surface area contributed by atoms with Gasteiger partial charge in [0.1, 0.15) is 11.6 Å². The first kappa shape index (κ1) is 21.7. The number of nitriles is 1. The van der Waals surface area contributed by atoms with Gasteiger partial charge < -0.3 is 14.7 Å². The van der Waals surface area contributed by atoms with E-state index >= 15 is 0 Å². The van der Waals surface area contributed by atoms with Crippen LogP contribution in [0.15, 0.2) is 59.1 Å². The molecule has 0 N–H and O–H groups in total. The van der Waals surface area contributed by atoms with E-state index in [0.717, 1.165) is 41.8 Å². The van der Waals surface area contributed by atoms with Gasteiger partial charge in [-0.15, -0.1) is 11.3 Å². The molecule has 1 aromatic heterocycles. The fraction of sp³-hybridized carbons (Fsp3) is 0.423. The molecule has 2 amide bonds. The Morgan fingerprint density at radius 3 is 2.48 bits per heavy atom. The fourth-order valence-corrected chi connectivity index (χ4v) is 6.26. The Hall–Kier alpha value is -3.11. The van der Waals surface area contributed by atoms with Gasteiger partial charge in [0.25, 0.3) is 11.8 Å². The SMILES string of the molecule is N#CC1=C(N2CCN(C(=O)c3cccs3)CC2)C2CCCCC2N(Cc2ccccc2)C1=O. The third kappa shape index (κ3) is 4.16. The average molecular weight is 461 g/mol. The third-order valence-electron chi connectivity index (χ3n) is 7.16. The first-order chi connectivity index (χ1) is 16.2. The molecule has 5 rings (SSSR count). The van der Waals surface area contributed by atoms with Crippen molar-refractivity contribution in [1.29, 1.82) is 5.26 Å². The van der Waals surface area contributed by atoms with Crippen LogP contribution in [0.1, 0.15) is 40.9 Å². The maximum Gasteiger partial charge on any atom is 0.266 e. The predicted octanol–water partition coefficient (Wildman–Crippen LogP) is 3.88. The van der Waals surface area contributed by atoms with Crippen LogP contribution in [0.25, 0.3) is 0 Å². The Labute approximate surface area is 198 Å².